The predicted molar refractivity (Wildman–Crippen MR) is 56.2 cm³/mol. The van der Waals surface area contributed by atoms with Crippen LogP contribution in [0, 0.1) is 10.5 Å². The molecule has 0 aromatic carbocycles. The summed E-state index contributed by atoms with van der Waals surface area (Å²) in [5.74, 6) is 0. The van der Waals surface area contributed by atoms with Crippen LogP contribution in [0.3, 0.4) is 0 Å². The van der Waals surface area contributed by atoms with Gasteiger partial charge < -0.3 is 5.32 Å². The molecule has 0 spiro atoms. The first kappa shape index (κ1) is 11.5. The normalized spacial score (nSPS) is 11.5. The molecule has 0 fully saturated rings. The van der Waals surface area contributed by atoms with E-state index in [-0.39, 0.29) is 0 Å². The molecule has 0 radical (unpaired) electrons. The molecule has 1 heterocycles. The Hall–Kier alpha value is -0.530. The molecule has 0 unspecified atom stereocenters. The molecular formula is C8H8F3IN2. The molecule has 6 heteroatoms. The minimum Gasteiger partial charge on any atom is -0.374 e. The van der Waals surface area contributed by atoms with Crippen LogP contribution in [-0.4, -0.2) is 17.7 Å². The number of hydrogen-bond acceptors (Lipinski definition) is 2. The van der Waals surface area contributed by atoms with Gasteiger partial charge in [0.15, 0.2) is 0 Å². The summed E-state index contributed by atoms with van der Waals surface area (Å²) in [6, 6.07) is 1.72. The number of aryl methyl sites for hydroxylation is 1. The molecule has 0 saturated carbocycles. The van der Waals surface area contributed by atoms with Gasteiger partial charge in [0.25, 0.3) is 0 Å². The number of anilines is 1. The highest BCUT2D eigenvalue weighted by Crippen LogP contribution is 2.20. The molecule has 0 saturated heterocycles. The van der Waals surface area contributed by atoms with Crippen molar-refractivity contribution in [3.8, 4) is 0 Å². The predicted octanol–water partition coefficient (Wildman–Crippen LogP) is 2.97. The van der Waals surface area contributed by atoms with Crippen LogP contribution in [0.5, 0.6) is 0 Å². The fourth-order valence-corrected chi connectivity index (χ4v) is 1.63. The van der Waals surface area contributed by atoms with E-state index < -0.39 is 12.7 Å². The third kappa shape index (κ3) is 3.69. The molecule has 1 aromatic rings. The lowest BCUT2D eigenvalue weighted by Gasteiger charge is -2.10. The molecule has 0 aliphatic carbocycles. The molecular weight excluding hydrogens is 308 g/mol. The highest BCUT2D eigenvalue weighted by Gasteiger charge is 2.26. The molecule has 0 aliphatic rings. The van der Waals surface area contributed by atoms with Crippen molar-refractivity contribution in [1.82, 2.24) is 4.98 Å². The Balaban J connectivity index is 2.68. The van der Waals surface area contributed by atoms with Crippen molar-refractivity contribution in [3.05, 3.63) is 21.5 Å². The lowest BCUT2D eigenvalue weighted by atomic mass is 10.3. The van der Waals surface area contributed by atoms with Crippen LogP contribution in [0.2, 0.25) is 0 Å². The van der Waals surface area contributed by atoms with E-state index in [0.29, 0.717) is 5.69 Å². The Morgan fingerprint density at radius 1 is 1.50 bits per heavy atom. The highest BCUT2D eigenvalue weighted by molar-refractivity contribution is 14.1. The topological polar surface area (TPSA) is 24.9 Å². The Morgan fingerprint density at radius 2 is 2.14 bits per heavy atom. The van der Waals surface area contributed by atoms with Gasteiger partial charge in [-0.3, -0.25) is 4.98 Å². The minimum atomic E-state index is -4.20. The molecule has 0 bridgehead atoms. The van der Waals surface area contributed by atoms with Gasteiger partial charge in [0.05, 0.1) is 11.9 Å². The lowest BCUT2D eigenvalue weighted by molar-refractivity contribution is -0.115. The van der Waals surface area contributed by atoms with Gasteiger partial charge in [0.1, 0.15) is 6.54 Å². The number of alkyl halides is 3. The quantitative estimate of drug-likeness (QED) is 0.849. The molecule has 2 nitrogen and oxygen atoms in total. The number of halogens is 4. The van der Waals surface area contributed by atoms with Crippen LogP contribution in [0.15, 0.2) is 12.3 Å². The average molecular weight is 316 g/mol. The van der Waals surface area contributed by atoms with Gasteiger partial charge in [-0.05, 0) is 35.6 Å². The van der Waals surface area contributed by atoms with Crippen LogP contribution >= 0.6 is 22.6 Å². The summed E-state index contributed by atoms with van der Waals surface area (Å²) in [6.45, 7) is 0.753. The molecule has 14 heavy (non-hydrogen) atoms. The minimum absolute atomic E-state index is 0.411. The van der Waals surface area contributed by atoms with Crippen molar-refractivity contribution in [2.24, 2.45) is 0 Å². The summed E-state index contributed by atoms with van der Waals surface area (Å²) in [4.78, 5) is 3.91. The largest absolute Gasteiger partial charge is 0.405 e. The smallest absolute Gasteiger partial charge is 0.374 e. The van der Waals surface area contributed by atoms with E-state index >= 15 is 0 Å². The monoisotopic (exact) mass is 316 g/mol. The Kier molecular flexibility index (Phi) is 3.57. The molecule has 0 amide bonds. The molecule has 1 aromatic heterocycles. The van der Waals surface area contributed by atoms with E-state index in [0.717, 1.165) is 9.26 Å². The Morgan fingerprint density at radius 3 is 2.64 bits per heavy atom. The third-order valence-corrected chi connectivity index (χ3v) is 2.36. The molecule has 1 N–H and O–H groups in total. The molecule has 0 aliphatic heterocycles. The second-order valence-electron chi connectivity index (χ2n) is 2.77. The maximum absolute atomic E-state index is 11.9. The summed E-state index contributed by atoms with van der Waals surface area (Å²) < 4.78 is 36.3. The van der Waals surface area contributed by atoms with Gasteiger partial charge in [0, 0.05) is 9.26 Å². The maximum Gasteiger partial charge on any atom is 0.405 e. The van der Waals surface area contributed by atoms with Crippen molar-refractivity contribution in [2.75, 3.05) is 11.9 Å². The zero-order valence-electron chi connectivity index (χ0n) is 7.32. The van der Waals surface area contributed by atoms with Gasteiger partial charge in [-0.25, -0.2) is 0 Å². The fourth-order valence-electron chi connectivity index (χ4n) is 0.852. The van der Waals surface area contributed by atoms with E-state index in [1.54, 1.807) is 13.0 Å². The second-order valence-corrected chi connectivity index (χ2v) is 3.94. The number of pyridine rings is 1. The first-order valence-electron chi connectivity index (χ1n) is 3.81. The zero-order valence-corrected chi connectivity index (χ0v) is 9.48. The summed E-state index contributed by atoms with van der Waals surface area (Å²) in [6.07, 6.45) is -2.79. The van der Waals surface area contributed by atoms with E-state index in [9.17, 15) is 13.2 Å². The number of rotatable bonds is 2. The van der Waals surface area contributed by atoms with Crippen molar-refractivity contribution < 1.29 is 13.2 Å². The van der Waals surface area contributed by atoms with E-state index in [2.05, 4.69) is 10.3 Å². The van der Waals surface area contributed by atoms with Crippen LogP contribution in [0.25, 0.3) is 0 Å². The zero-order chi connectivity index (χ0) is 10.8. The van der Waals surface area contributed by atoms with Crippen molar-refractivity contribution in [1.29, 1.82) is 0 Å². The molecule has 78 valence electrons. The number of nitrogens with zero attached hydrogens (tertiary/aromatic N) is 1. The second kappa shape index (κ2) is 4.33. The Bertz CT molecular complexity index is 325. The molecule has 1 rings (SSSR count). The van der Waals surface area contributed by atoms with E-state index in [4.69, 9.17) is 0 Å². The maximum atomic E-state index is 11.9. The highest BCUT2D eigenvalue weighted by atomic mass is 127. The fraction of sp³-hybridized carbons (Fsp3) is 0.375. The van der Waals surface area contributed by atoms with Crippen LogP contribution in [0.1, 0.15) is 5.69 Å². The molecule has 0 atom stereocenters. The van der Waals surface area contributed by atoms with Gasteiger partial charge in [0.2, 0.25) is 0 Å². The number of aromatic nitrogens is 1. The Labute approximate surface area is 93.1 Å². The van der Waals surface area contributed by atoms with E-state index in [1.807, 2.05) is 22.6 Å². The first-order chi connectivity index (χ1) is 6.38. The van der Waals surface area contributed by atoms with Crippen molar-refractivity contribution in [3.63, 3.8) is 0 Å². The van der Waals surface area contributed by atoms with Gasteiger partial charge in [-0.1, -0.05) is 0 Å². The lowest BCUT2D eigenvalue weighted by Crippen LogP contribution is -2.21. The van der Waals surface area contributed by atoms with Crippen LogP contribution < -0.4 is 5.32 Å². The van der Waals surface area contributed by atoms with Crippen LogP contribution in [0.4, 0.5) is 18.9 Å². The van der Waals surface area contributed by atoms with Crippen molar-refractivity contribution in [2.45, 2.75) is 13.1 Å². The first-order valence-corrected chi connectivity index (χ1v) is 4.89. The summed E-state index contributed by atoms with van der Waals surface area (Å²) in [5.41, 5.74) is 1.19. The summed E-state index contributed by atoms with van der Waals surface area (Å²) >= 11 is 1.97. The van der Waals surface area contributed by atoms with Gasteiger partial charge in [-0.2, -0.15) is 13.2 Å². The summed E-state index contributed by atoms with van der Waals surface area (Å²) in [5, 5.41) is 2.29. The SMILES string of the molecule is Cc1cc(I)c(NCC(F)(F)F)cn1. The standard InChI is InChI=1S/C8H8F3IN2/c1-5-2-6(12)7(3-13-5)14-4-8(9,10)11/h2-3,14H,4H2,1H3. The van der Waals surface area contributed by atoms with E-state index in [1.165, 1.54) is 6.20 Å². The number of nitrogens with one attached hydrogen (secondary N) is 1. The summed E-state index contributed by atoms with van der Waals surface area (Å²) in [7, 11) is 0. The third-order valence-electron chi connectivity index (χ3n) is 1.47. The number of hydrogen-bond donors (Lipinski definition) is 1. The van der Waals surface area contributed by atoms with Gasteiger partial charge >= 0.3 is 6.18 Å². The average Bonchev–Trinajstić information content (AvgIpc) is 2.00. The van der Waals surface area contributed by atoms with Gasteiger partial charge in [-0.15, -0.1) is 0 Å². The van der Waals surface area contributed by atoms with Crippen LogP contribution in [-0.2, 0) is 0 Å². The van der Waals surface area contributed by atoms with Crippen molar-refractivity contribution >= 4 is 28.3 Å².